The Morgan fingerprint density at radius 3 is 2.48 bits per heavy atom. The van der Waals surface area contributed by atoms with Gasteiger partial charge in [-0.1, -0.05) is 12.8 Å². The summed E-state index contributed by atoms with van der Waals surface area (Å²) in [5.41, 5.74) is 1.75. The van der Waals surface area contributed by atoms with Crippen LogP contribution >= 0.6 is 38.5 Å². The second kappa shape index (κ2) is 8.31. The molecule has 25 heavy (non-hydrogen) atoms. The van der Waals surface area contributed by atoms with Crippen LogP contribution in [-0.4, -0.2) is 6.61 Å². The number of hydrogen-bond acceptors (Lipinski definition) is 2. The fraction of sp³-hybridized carbons (Fsp3) is 0.368. The molecule has 2 aromatic carbocycles. The van der Waals surface area contributed by atoms with E-state index in [1.54, 1.807) is 0 Å². The lowest BCUT2D eigenvalue weighted by molar-refractivity contribution is 0.100. The van der Waals surface area contributed by atoms with Gasteiger partial charge in [0.05, 0.1) is 16.8 Å². The van der Waals surface area contributed by atoms with Crippen LogP contribution in [0, 0.1) is 28.0 Å². The van der Waals surface area contributed by atoms with Crippen LogP contribution in [0.15, 0.2) is 34.8 Å². The van der Waals surface area contributed by atoms with Crippen molar-refractivity contribution < 1.29 is 13.6 Å². The van der Waals surface area contributed by atoms with Crippen LogP contribution in [0.2, 0.25) is 0 Å². The van der Waals surface area contributed by atoms with Crippen molar-refractivity contribution >= 4 is 49.9 Å². The molecule has 1 fully saturated rings. The van der Waals surface area contributed by atoms with Crippen LogP contribution < -0.4 is 5.06 Å². The highest BCUT2D eigenvalue weighted by molar-refractivity contribution is 14.1. The number of anilines is 2. The highest BCUT2D eigenvalue weighted by Gasteiger charge is 2.23. The molecule has 134 valence electrons. The predicted octanol–water partition coefficient (Wildman–Crippen LogP) is 6.90. The van der Waals surface area contributed by atoms with E-state index in [2.05, 4.69) is 38.5 Å². The van der Waals surface area contributed by atoms with E-state index in [1.165, 1.54) is 30.0 Å². The highest BCUT2D eigenvalue weighted by atomic mass is 127. The predicted molar refractivity (Wildman–Crippen MR) is 108 cm³/mol. The molecular formula is C19H19BrF2INO. The van der Waals surface area contributed by atoms with Gasteiger partial charge in [0, 0.05) is 3.57 Å². The first-order chi connectivity index (χ1) is 12.0. The zero-order valence-electron chi connectivity index (χ0n) is 13.9. The zero-order valence-corrected chi connectivity index (χ0v) is 17.6. The van der Waals surface area contributed by atoms with Gasteiger partial charge in [0.25, 0.3) is 0 Å². The van der Waals surface area contributed by atoms with Gasteiger partial charge in [0.1, 0.15) is 5.69 Å². The summed E-state index contributed by atoms with van der Waals surface area (Å²) in [6.45, 7) is 2.44. The quantitative estimate of drug-likeness (QED) is 0.241. The molecule has 1 aliphatic rings. The topological polar surface area (TPSA) is 12.5 Å². The standard InChI is InChI=1S/C19H19BrF2INO/c1-12-10-14(23)6-8-16(12)24(25-11-13-4-2-3-5-13)17-9-7-15(20)18(21)19(17)22/h6-10,13H,2-5,11H2,1H3. The minimum absolute atomic E-state index is 0.0861. The van der Waals surface area contributed by atoms with Gasteiger partial charge < -0.3 is 0 Å². The number of aryl methyl sites for hydroxylation is 1. The summed E-state index contributed by atoms with van der Waals surface area (Å²) in [5.74, 6) is -1.36. The minimum Gasteiger partial charge on any atom is -0.268 e. The molecule has 0 aromatic heterocycles. The summed E-state index contributed by atoms with van der Waals surface area (Å²) >= 11 is 5.26. The number of nitrogens with zero attached hydrogens (tertiary/aromatic N) is 1. The molecule has 2 aromatic rings. The van der Waals surface area contributed by atoms with Gasteiger partial charge in [0.15, 0.2) is 11.6 Å². The maximum atomic E-state index is 14.6. The molecule has 0 aliphatic heterocycles. The smallest absolute Gasteiger partial charge is 0.186 e. The first kappa shape index (κ1) is 19.0. The average molecular weight is 522 g/mol. The molecule has 0 saturated heterocycles. The number of hydrogen-bond donors (Lipinski definition) is 0. The molecule has 0 amide bonds. The molecule has 6 heteroatoms. The van der Waals surface area contributed by atoms with Gasteiger partial charge in [-0.15, -0.1) is 0 Å². The monoisotopic (exact) mass is 521 g/mol. The molecule has 0 spiro atoms. The van der Waals surface area contributed by atoms with Crippen LogP contribution in [-0.2, 0) is 4.84 Å². The van der Waals surface area contributed by atoms with E-state index in [1.807, 2.05) is 25.1 Å². The molecule has 0 N–H and O–H groups in total. The Labute approximate surface area is 168 Å². The van der Waals surface area contributed by atoms with Crippen LogP contribution in [0.5, 0.6) is 0 Å². The van der Waals surface area contributed by atoms with E-state index in [-0.39, 0.29) is 10.2 Å². The highest BCUT2D eigenvalue weighted by Crippen LogP contribution is 2.35. The molecular weight excluding hydrogens is 503 g/mol. The zero-order chi connectivity index (χ0) is 18.0. The van der Waals surface area contributed by atoms with Crippen LogP contribution in [0.4, 0.5) is 20.2 Å². The molecule has 1 saturated carbocycles. The third kappa shape index (κ3) is 4.34. The second-order valence-corrected chi connectivity index (χ2v) is 8.47. The summed E-state index contributed by atoms with van der Waals surface area (Å²) in [6.07, 6.45) is 4.66. The van der Waals surface area contributed by atoms with E-state index in [4.69, 9.17) is 4.84 Å². The van der Waals surface area contributed by atoms with Crippen LogP contribution in [0.3, 0.4) is 0 Å². The van der Waals surface area contributed by atoms with Crippen molar-refractivity contribution in [3.63, 3.8) is 0 Å². The van der Waals surface area contributed by atoms with Crippen molar-refractivity contribution in [2.24, 2.45) is 5.92 Å². The molecule has 1 aliphatic carbocycles. The third-order valence-electron chi connectivity index (χ3n) is 4.53. The Morgan fingerprint density at radius 1 is 1.12 bits per heavy atom. The van der Waals surface area contributed by atoms with Gasteiger partial charge in [-0.3, -0.25) is 4.84 Å². The van der Waals surface area contributed by atoms with Gasteiger partial charge in [-0.25, -0.2) is 13.8 Å². The van der Waals surface area contributed by atoms with Gasteiger partial charge in [-0.05, 0) is 100 Å². The van der Waals surface area contributed by atoms with E-state index < -0.39 is 11.6 Å². The van der Waals surface area contributed by atoms with Crippen molar-refractivity contribution in [2.45, 2.75) is 32.6 Å². The first-order valence-electron chi connectivity index (χ1n) is 8.30. The Kier molecular flexibility index (Phi) is 6.33. The molecule has 0 bridgehead atoms. The summed E-state index contributed by atoms with van der Waals surface area (Å²) in [6, 6.07) is 8.85. The average Bonchev–Trinajstić information content (AvgIpc) is 3.09. The van der Waals surface area contributed by atoms with Gasteiger partial charge in [0.2, 0.25) is 0 Å². The van der Waals surface area contributed by atoms with E-state index >= 15 is 0 Å². The number of halogens is 4. The maximum absolute atomic E-state index is 14.6. The molecule has 2 nitrogen and oxygen atoms in total. The van der Waals surface area contributed by atoms with E-state index in [0.29, 0.717) is 12.5 Å². The molecule has 0 atom stereocenters. The minimum atomic E-state index is -0.918. The summed E-state index contributed by atoms with van der Waals surface area (Å²) in [7, 11) is 0. The van der Waals surface area contributed by atoms with E-state index in [0.717, 1.165) is 27.7 Å². The summed E-state index contributed by atoms with van der Waals surface area (Å²) in [4.78, 5) is 6.00. The number of rotatable bonds is 5. The third-order valence-corrected chi connectivity index (χ3v) is 5.81. The Hall–Kier alpha value is -0.730. The summed E-state index contributed by atoms with van der Waals surface area (Å²) < 4.78 is 29.8. The van der Waals surface area contributed by atoms with Gasteiger partial charge >= 0.3 is 0 Å². The Morgan fingerprint density at radius 2 is 1.80 bits per heavy atom. The van der Waals surface area contributed by atoms with E-state index in [9.17, 15) is 8.78 Å². The van der Waals surface area contributed by atoms with Crippen molar-refractivity contribution in [3.8, 4) is 0 Å². The lowest BCUT2D eigenvalue weighted by Gasteiger charge is -2.27. The molecule has 0 heterocycles. The Bertz CT molecular complexity index is 765. The fourth-order valence-electron chi connectivity index (χ4n) is 3.15. The van der Waals surface area contributed by atoms with Crippen LogP contribution in [0.25, 0.3) is 0 Å². The largest absolute Gasteiger partial charge is 0.268 e. The summed E-state index contributed by atoms with van der Waals surface area (Å²) in [5, 5.41) is 1.44. The lowest BCUT2D eigenvalue weighted by Crippen LogP contribution is -2.23. The number of benzene rings is 2. The first-order valence-corrected chi connectivity index (χ1v) is 10.2. The molecule has 0 radical (unpaired) electrons. The molecule has 3 rings (SSSR count). The van der Waals surface area contributed by atoms with Crippen molar-refractivity contribution in [1.29, 1.82) is 0 Å². The van der Waals surface area contributed by atoms with Crippen molar-refractivity contribution in [2.75, 3.05) is 11.7 Å². The molecule has 0 unspecified atom stereocenters. The fourth-order valence-corrected chi connectivity index (χ4v) is 4.10. The Balaban J connectivity index is 1.97. The van der Waals surface area contributed by atoms with Crippen molar-refractivity contribution in [1.82, 2.24) is 0 Å². The maximum Gasteiger partial charge on any atom is 0.186 e. The SMILES string of the molecule is Cc1cc(I)ccc1N(OCC1CCCC1)c1ccc(Br)c(F)c1F. The normalized spacial score (nSPS) is 14.9. The van der Waals surface area contributed by atoms with Crippen molar-refractivity contribution in [3.05, 3.63) is 55.6 Å². The second-order valence-electron chi connectivity index (χ2n) is 6.37. The van der Waals surface area contributed by atoms with Gasteiger partial charge in [-0.2, -0.15) is 0 Å². The van der Waals surface area contributed by atoms with Crippen LogP contribution in [0.1, 0.15) is 31.2 Å². The lowest BCUT2D eigenvalue weighted by atomic mass is 10.1.